The molecule has 3 N–H and O–H groups in total. The number of nitrogens with two attached hydrogens (primary N) is 1. The second-order valence-corrected chi connectivity index (χ2v) is 7.89. The molecule has 3 aromatic rings. The Hall–Kier alpha value is -2.73. The molecule has 1 aliphatic rings. The third kappa shape index (κ3) is 4.17. The summed E-state index contributed by atoms with van der Waals surface area (Å²) in [5, 5.41) is 4.53. The van der Waals surface area contributed by atoms with Gasteiger partial charge in [0.15, 0.2) is 0 Å². The number of hydrogen-bond donors (Lipinski definition) is 2. The second kappa shape index (κ2) is 8.33. The number of ether oxygens (including phenoxy) is 1. The van der Waals surface area contributed by atoms with Gasteiger partial charge in [-0.2, -0.15) is 0 Å². The van der Waals surface area contributed by atoms with E-state index in [0.717, 1.165) is 59.8 Å². The molecule has 6 nitrogen and oxygen atoms in total. The van der Waals surface area contributed by atoms with Gasteiger partial charge in [0.1, 0.15) is 0 Å². The van der Waals surface area contributed by atoms with Crippen LogP contribution >= 0.6 is 0 Å². The van der Waals surface area contributed by atoms with Crippen LogP contribution in [0.3, 0.4) is 0 Å². The number of nitrogens with zero attached hydrogens (tertiary/aromatic N) is 3. The van der Waals surface area contributed by atoms with Gasteiger partial charge < -0.3 is 15.8 Å². The first-order valence-electron chi connectivity index (χ1n) is 10.4. The van der Waals surface area contributed by atoms with Gasteiger partial charge in [-0.15, -0.1) is 0 Å². The lowest BCUT2D eigenvalue weighted by Gasteiger charge is -2.26. The number of aromatic nitrogens is 3. The highest BCUT2D eigenvalue weighted by atomic mass is 16.5. The van der Waals surface area contributed by atoms with E-state index in [1.807, 2.05) is 19.2 Å². The van der Waals surface area contributed by atoms with Crippen molar-refractivity contribution in [2.45, 2.75) is 58.0 Å². The van der Waals surface area contributed by atoms with E-state index in [4.69, 9.17) is 15.5 Å². The van der Waals surface area contributed by atoms with Crippen molar-refractivity contribution >= 4 is 16.9 Å². The zero-order valence-electron chi connectivity index (χ0n) is 17.4. The quantitative estimate of drug-likeness (QED) is 0.676. The van der Waals surface area contributed by atoms with E-state index in [-0.39, 0.29) is 0 Å². The van der Waals surface area contributed by atoms with E-state index in [2.05, 4.69) is 40.4 Å². The monoisotopic (exact) mass is 391 g/mol. The molecule has 4 rings (SSSR count). The fraction of sp³-hybridized carbons (Fsp3) is 0.435. The van der Waals surface area contributed by atoms with E-state index in [9.17, 15) is 0 Å². The summed E-state index contributed by atoms with van der Waals surface area (Å²) in [6.45, 7) is 4.12. The maximum absolute atomic E-state index is 6.02. The molecule has 0 amide bonds. The molecule has 0 unspecified atom stereocenters. The van der Waals surface area contributed by atoms with Gasteiger partial charge in [0.05, 0.1) is 12.6 Å². The number of pyridine rings is 1. The minimum Gasteiger partial charge on any atom is -0.481 e. The molecule has 2 heterocycles. The molecule has 2 aromatic heterocycles. The Morgan fingerprint density at radius 1 is 1.14 bits per heavy atom. The average Bonchev–Trinajstić information content (AvgIpc) is 2.74. The van der Waals surface area contributed by atoms with Crippen molar-refractivity contribution in [3.63, 3.8) is 0 Å². The zero-order valence-corrected chi connectivity index (χ0v) is 17.4. The van der Waals surface area contributed by atoms with Crippen LogP contribution in [0.15, 0.2) is 30.5 Å². The van der Waals surface area contributed by atoms with Crippen molar-refractivity contribution in [2.75, 3.05) is 12.4 Å². The summed E-state index contributed by atoms with van der Waals surface area (Å²) in [7, 11) is 1.66. The molecule has 0 atom stereocenters. The molecule has 0 radical (unpaired) electrons. The maximum atomic E-state index is 6.02. The lowest BCUT2D eigenvalue weighted by Crippen LogP contribution is -2.33. The van der Waals surface area contributed by atoms with Gasteiger partial charge in [-0.1, -0.05) is 6.92 Å². The zero-order chi connectivity index (χ0) is 20.4. The number of anilines is 1. The van der Waals surface area contributed by atoms with Crippen LogP contribution in [0.5, 0.6) is 5.88 Å². The predicted molar refractivity (Wildman–Crippen MR) is 117 cm³/mol. The van der Waals surface area contributed by atoms with E-state index in [1.54, 1.807) is 7.11 Å². The molecule has 0 spiro atoms. The summed E-state index contributed by atoms with van der Waals surface area (Å²) in [6, 6.07) is 9.11. The van der Waals surface area contributed by atoms with Gasteiger partial charge in [-0.05, 0) is 74.4 Å². The molecule has 1 aliphatic carbocycles. The molecule has 6 heteroatoms. The molecule has 1 fully saturated rings. The standard InChI is InChI=1S/C23H29N5O/c1-4-15-11-16(20-10-5-14(2)26-22(20)29-3)12-17-13-25-23(28-21(15)17)27-19-8-6-18(24)7-9-19/h5,10-13,18-19H,4,6-9,24H2,1-3H3,(H,25,27,28)/t18-,19-. The van der Waals surface area contributed by atoms with Crippen molar-refractivity contribution < 1.29 is 4.74 Å². The molecule has 0 saturated heterocycles. The third-order valence-corrected chi connectivity index (χ3v) is 5.75. The Labute approximate surface area is 171 Å². The van der Waals surface area contributed by atoms with Gasteiger partial charge in [0.25, 0.3) is 0 Å². The SMILES string of the molecule is CCc1cc(-c2ccc(C)nc2OC)cc2cnc(N[C@H]3CC[C@H](N)CC3)nc12. The molecular formula is C23H29N5O. The number of benzene rings is 1. The summed E-state index contributed by atoms with van der Waals surface area (Å²) >= 11 is 0. The van der Waals surface area contributed by atoms with Gasteiger partial charge in [-0.25, -0.2) is 15.0 Å². The Morgan fingerprint density at radius 3 is 2.66 bits per heavy atom. The first-order valence-corrected chi connectivity index (χ1v) is 10.4. The van der Waals surface area contributed by atoms with Crippen molar-refractivity contribution in [1.82, 2.24) is 15.0 Å². The van der Waals surface area contributed by atoms with Crippen LogP contribution in [0.1, 0.15) is 43.9 Å². The van der Waals surface area contributed by atoms with E-state index in [1.165, 1.54) is 5.56 Å². The van der Waals surface area contributed by atoms with Crippen LogP contribution in [-0.2, 0) is 6.42 Å². The molecule has 29 heavy (non-hydrogen) atoms. The number of methoxy groups -OCH3 is 1. The van der Waals surface area contributed by atoms with Crippen LogP contribution in [0, 0.1) is 6.92 Å². The molecule has 152 valence electrons. The Morgan fingerprint density at radius 2 is 1.93 bits per heavy atom. The van der Waals surface area contributed by atoms with Gasteiger partial charge in [0.2, 0.25) is 11.8 Å². The number of aryl methyl sites for hydroxylation is 2. The first kappa shape index (κ1) is 19.6. The topological polar surface area (TPSA) is 86.0 Å². The van der Waals surface area contributed by atoms with Crippen molar-refractivity contribution in [2.24, 2.45) is 5.73 Å². The van der Waals surface area contributed by atoms with Crippen LogP contribution in [0.2, 0.25) is 0 Å². The summed E-state index contributed by atoms with van der Waals surface area (Å²) in [5.41, 5.74) is 11.2. The highest BCUT2D eigenvalue weighted by Gasteiger charge is 2.19. The average molecular weight is 392 g/mol. The van der Waals surface area contributed by atoms with Crippen LogP contribution in [0.4, 0.5) is 5.95 Å². The number of nitrogens with one attached hydrogen (secondary N) is 1. The lowest BCUT2D eigenvalue weighted by atomic mass is 9.92. The van der Waals surface area contributed by atoms with Gasteiger partial charge in [0, 0.05) is 34.9 Å². The van der Waals surface area contributed by atoms with Gasteiger partial charge in [-0.3, -0.25) is 0 Å². The van der Waals surface area contributed by atoms with E-state index in [0.29, 0.717) is 23.9 Å². The molecule has 1 aromatic carbocycles. The molecular weight excluding hydrogens is 362 g/mol. The maximum Gasteiger partial charge on any atom is 0.223 e. The largest absolute Gasteiger partial charge is 0.481 e. The van der Waals surface area contributed by atoms with Crippen molar-refractivity contribution in [3.8, 4) is 17.0 Å². The third-order valence-electron chi connectivity index (χ3n) is 5.75. The smallest absolute Gasteiger partial charge is 0.223 e. The Balaban J connectivity index is 1.69. The fourth-order valence-electron chi connectivity index (χ4n) is 4.07. The minimum atomic E-state index is 0.337. The fourth-order valence-corrected chi connectivity index (χ4v) is 4.07. The Kier molecular flexibility index (Phi) is 5.62. The number of hydrogen-bond acceptors (Lipinski definition) is 6. The van der Waals surface area contributed by atoms with E-state index >= 15 is 0 Å². The number of fused-ring (bicyclic) bond motifs is 1. The van der Waals surface area contributed by atoms with Crippen LogP contribution in [0.25, 0.3) is 22.0 Å². The minimum absolute atomic E-state index is 0.337. The molecule has 0 bridgehead atoms. The summed E-state index contributed by atoms with van der Waals surface area (Å²) < 4.78 is 5.52. The van der Waals surface area contributed by atoms with E-state index < -0.39 is 0 Å². The summed E-state index contributed by atoms with van der Waals surface area (Å²) in [6.07, 6.45) is 7.06. The predicted octanol–water partition coefficient (Wildman–Crippen LogP) is 4.25. The normalized spacial score (nSPS) is 19.3. The highest BCUT2D eigenvalue weighted by molar-refractivity contribution is 5.88. The highest BCUT2D eigenvalue weighted by Crippen LogP contribution is 2.33. The Bertz CT molecular complexity index is 1010. The van der Waals surface area contributed by atoms with Crippen molar-refractivity contribution in [3.05, 3.63) is 41.7 Å². The molecule has 0 aliphatic heterocycles. The first-order chi connectivity index (χ1) is 14.1. The van der Waals surface area contributed by atoms with Crippen LogP contribution in [-0.4, -0.2) is 34.1 Å². The summed E-state index contributed by atoms with van der Waals surface area (Å²) in [4.78, 5) is 14.0. The lowest BCUT2D eigenvalue weighted by molar-refractivity contribution is 0.399. The summed E-state index contributed by atoms with van der Waals surface area (Å²) in [5.74, 6) is 1.34. The van der Waals surface area contributed by atoms with Crippen LogP contribution < -0.4 is 15.8 Å². The number of rotatable bonds is 5. The van der Waals surface area contributed by atoms with Gasteiger partial charge >= 0.3 is 0 Å². The molecule has 1 saturated carbocycles. The van der Waals surface area contributed by atoms with Crippen molar-refractivity contribution in [1.29, 1.82) is 0 Å². The second-order valence-electron chi connectivity index (χ2n) is 7.89.